The van der Waals surface area contributed by atoms with Crippen LogP contribution in [0.15, 0.2) is 107 Å². The van der Waals surface area contributed by atoms with Crippen molar-refractivity contribution in [3.05, 3.63) is 142 Å². The molecule has 4 nitrogen and oxygen atoms in total. The van der Waals surface area contributed by atoms with Crippen LogP contribution < -0.4 is 0 Å². The maximum atomic E-state index is 5.41. The van der Waals surface area contributed by atoms with E-state index in [-0.39, 0.29) is 5.41 Å². The highest BCUT2D eigenvalue weighted by Crippen LogP contribution is 2.46. The van der Waals surface area contributed by atoms with Gasteiger partial charge in [0.05, 0.1) is 28.2 Å². The molecule has 0 spiro atoms. The van der Waals surface area contributed by atoms with E-state index in [2.05, 4.69) is 147 Å². The number of aromatic nitrogens is 2. The van der Waals surface area contributed by atoms with Crippen molar-refractivity contribution in [1.29, 1.82) is 0 Å². The maximum Gasteiger partial charge on any atom is 0.0733 e. The summed E-state index contributed by atoms with van der Waals surface area (Å²) in [5.41, 5.74) is 12.4. The topological polar surface area (TPSA) is 56.3 Å². The predicted molar refractivity (Wildman–Crippen MR) is 184 cm³/mol. The Morgan fingerprint density at radius 1 is 0.432 bits per heavy atom. The molecule has 0 saturated heterocycles. The van der Waals surface area contributed by atoms with E-state index in [4.69, 9.17) is 9.98 Å². The fourth-order valence-electron chi connectivity index (χ4n) is 7.62. The largest absolute Gasteiger partial charge is 0.357 e. The zero-order valence-corrected chi connectivity index (χ0v) is 25.3. The Labute approximate surface area is 256 Å². The highest BCUT2D eigenvalue weighted by molar-refractivity contribution is 6.30. The van der Waals surface area contributed by atoms with E-state index < -0.39 is 5.41 Å². The molecule has 8 bridgehead atoms. The van der Waals surface area contributed by atoms with Gasteiger partial charge in [0.2, 0.25) is 0 Å². The summed E-state index contributed by atoms with van der Waals surface area (Å²) in [6.45, 7) is 9.15. The quantitative estimate of drug-likeness (QED) is 0.183. The average molecular weight is 569 g/mol. The third-order valence-corrected chi connectivity index (χ3v) is 9.87. The first-order valence-corrected chi connectivity index (χ1v) is 15.4. The van der Waals surface area contributed by atoms with Gasteiger partial charge in [0.1, 0.15) is 0 Å². The number of aliphatic imine (C=N–C) groups is 2. The molecular weight excluding hydrogens is 536 g/mol. The monoisotopic (exact) mass is 568 g/mol. The molecule has 5 heterocycles. The molecule has 0 radical (unpaired) electrons. The van der Waals surface area contributed by atoms with Crippen LogP contribution in [0.25, 0.3) is 45.1 Å². The van der Waals surface area contributed by atoms with Crippen molar-refractivity contribution in [3.8, 4) is 0 Å². The van der Waals surface area contributed by atoms with E-state index in [0.717, 1.165) is 45.3 Å². The van der Waals surface area contributed by atoms with Crippen LogP contribution in [0.1, 0.15) is 72.7 Å². The molecule has 0 unspecified atom stereocenters. The first-order chi connectivity index (χ1) is 21.3. The van der Waals surface area contributed by atoms with Crippen LogP contribution in [0.3, 0.4) is 0 Å². The number of nitrogens with zero attached hydrogens (tertiary/aromatic N) is 2. The Morgan fingerprint density at radius 2 is 0.795 bits per heavy atom. The van der Waals surface area contributed by atoms with Crippen LogP contribution in [-0.4, -0.2) is 21.4 Å². The summed E-state index contributed by atoms with van der Waals surface area (Å²) < 4.78 is 0. The summed E-state index contributed by atoms with van der Waals surface area (Å²) in [7, 11) is 0. The van der Waals surface area contributed by atoms with Crippen molar-refractivity contribution in [3.63, 3.8) is 0 Å². The normalized spacial score (nSPS) is 18.7. The lowest BCUT2D eigenvalue weighted by Crippen LogP contribution is -2.33. The first-order valence-electron chi connectivity index (χ1n) is 15.4. The van der Waals surface area contributed by atoms with E-state index >= 15 is 0 Å². The lowest BCUT2D eigenvalue weighted by molar-refractivity contribution is 0.613. The zero-order valence-electron chi connectivity index (χ0n) is 25.3. The van der Waals surface area contributed by atoms with Crippen LogP contribution in [0.5, 0.6) is 0 Å². The standard InChI is InChI=1S/C40H32N4/c1-39(2)35-27-17-9-5-13-23(27)31(41-35)21-33-25-15-7-11-19-29(25)37(43-33)40(3,4)38-30-20-12-8-16-26(30)34(44-38)22-32-24-14-6-10-18-28(24)36(39)42-32/h5-22,41-42H,1-4H3/b33-21-,34-22?. The van der Waals surface area contributed by atoms with E-state index in [9.17, 15) is 0 Å². The highest BCUT2D eigenvalue weighted by Gasteiger charge is 2.41. The van der Waals surface area contributed by atoms with E-state index in [1.54, 1.807) is 0 Å². The number of benzene rings is 4. The summed E-state index contributed by atoms with van der Waals surface area (Å²) in [4.78, 5) is 18.6. The summed E-state index contributed by atoms with van der Waals surface area (Å²) in [6, 6.07) is 34.7. The number of H-pyrrole nitrogens is 2. The second kappa shape index (κ2) is 8.67. The fraction of sp³-hybridized carbons (Fsp3) is 0.150. The Balaban J connectivity index is 1.43. The lowest BCUT2D eigenvalue weighted by atomic mass is 9.76. The van der Waals surface area contributed by atoms with Crippen LogP contribution in [-0.2, 0) is 5.41 Å². The molecule has 44 heavy (non-hydrogen) atoms. The van der Waals surface area contributed by atoms with Crippen molar-refractivity contribution in [2.24, 2.45) is 15.4 Å². The molecule has 212 valence electrons. The molecule has 0 atom stereocenters. The van der Waals surface area contributed by atoms with Gasteiger partial charge in [-0.3, -0.25) is 9.98 Å². The van der Waals surface area contributed by atoms with Crippen molar-refractivity contribution in [2.75, 3.05) is 0 Å². The zero-order chi connectivity index (χ0) is 29.8. The van der Waals surface area contributed by atoms with Gasteiger partial charge < -0.3 is 9.97 Å². The third kappa shape index (κ3) is 3.34. The second-order valence-corrected chi connectivity index (χ2v) is 13.2. The molecule has 2 N–H and O–H groups in total. The van der Waals surface area contributed by atoms with Crippen LogP contribution in [0, 0.1) is 5.41 Å². The second-order valence-electron chi connectivity index (χ2n) is 13.2. The van der Waals surface area contributed by atoms with Crippen molar-refractivity contribution in [1.82, 2.24) is 9.97 Å². The Morgan fingerprint density at radius 3 is 1.23 bits per heavy atom. The van der Waals surface area contributed by atoms with Gasteiger partial charge in [0, 0.05) is 72.0 Å². The lowest BCUT2D eigenvalue weighted by Gasteiger charge is -2.26. The SMILES string of the molecule is CC1(C)C2=NC(=Cc3[nH]c(c4ccccc34)C(C)(C)c3[nH]c(c4ccccc34)/C=C3\N=C1c1ccccc13)c1ccccc12. The van der Waals surface area contributed by atoms with Gasteiger partial charge in [-0.25, -0.2) is 0 Å². The molecule has 3 aliphatic rings. The molecule has 0 fully saturated rings. The van der Waals surface area contributed by atoms with Gasteiger partial charge in [-0.2, -0.15) is 0 Å². The summed E-state index contributed by atoms with van der Waals surface area (Å²) in [6.07, 6.45) is 4.48. The van der Waals surface area contributed by atoms with Crippen LogP contribution in [0.4, 0.5) is 0 Å². The fourth-order valence-corrected chi connectivity index (χ4v) is 7.62. The number of hydrogen-bond donors (Lipinski definition) is 2. The first kappa shape index (κ1) is 25.3. The van der Waals surface area contributed by atoms with E-state index in [0.29, 0.717) is 0 Å². The van der Waals surface area contributed by atoms with Crippen molar-refractivity contribution in [2.45, 2.75) is 33.1 Å². The van der Waals surface area contributed by atoms with Crippen LogP contribution >= 0.6 is 0 Å². The molecule has 3 aliphatic heterocycles. The van der Waals surface area contributed by atoms with E-state index in [1.165, 1.54) is 44.1 Å². The number of fused-ring (bicyclic) bond motifs is 18. The smallest absolute Gasteiger partial charge is 0.0733 e. The Kier molecular flexibility index (Phi) is 4.98. The maximum absolute atomic E-state index is 5.41. The number of nitrogens with one attached hydrogen (secondary N) is 2. The molecule has 4 aromatic carbocycles. The number of hydrogen-bond acceptors (Lipinski definition) is 2. The molecule has 2 aromatic heterocycles. The number of aromatic amines is 2. The minimum Gasteiger partial charge on any atom is -0.357 e. The Bertz CT molecular complexity index is 2170. The third-order valence-electron chi connectivity index (χ3n) is 9.87. The Hall–Kier alpha value is -5.22. The summed E-state index contributed by atoms with van der Waals surface area (Å²) in [5.74, 6) is 0. The summed E-state index contributed by atoms with van der Waals surface area (Å²) >= 11 is 0. The van der Waals surface area contributed by atoms with Gasteiger partial charge in [0.15, 0.2) is 0 Å². The minimum atomic E-state index is -0.442. The molecular formula is C40H32N4. The van der Waals surface area contributed by atoms with Crippen molar-refractivity contribution >= 4 is 56.5 Å². The molecule has 0 amide bonds. The highest BCUT2D eigenvalue weighted by atomic mass is 14.9. The van der Waals surface area contributed by atoms with E-state index in [1.807, 2.05) is 0 Å². The number of rotatable bonds is 0. The average Bonchev–Trinajstić information content (AvgIpc) is 3.80. The summed E-state index contributed by atoms with van der Waals surface area (Å²) in [5, 5.41) is 4.84. The molecule has 4 heteroatoms. The molecule has 0 aliphatic carbocycles. The van der Waals surface area contributed by atoms with Gasteiger partial charge in [-0.15, -0.1) is 0 Å². The van der Waals surface area contributed by atoms with Gasteiger partial charge in [-0.1, -0.05) is 97.1 Å². The van der Waals surface area contributed by atoms with Gasteiger partial charge in [-0.05, 0) is 39.8 Å². The van der Waals surface area contributed by atoms with Crippen LogP contribution in [0.2, 0.25) is 0 Å². The van der Waals surface area contributed by atoms with Crippen molar-refractivity contribution < 1.29 is 0 Å². The minimum absolute atomic E-state index is 0.351. The molecule has 0 saturated carbocycles. The predicted octanol–water partition coefficient (Wildman–Crippen LogP) is 9.62. The molecule has 9 rings (SSSR count). The van der Waals surface area contributed by atoms with Gasteiger partial charge >= 0.3 is 0 Å². The van der Waals surface area contributed by atoms with Gasteiger partial charge in [0.25, 0.3) is 0 Å². The molecule has 6 aromatic rings.